The number of rotatable bonds is 45. The Morgan fingerprint density at radius 1 is 0.482 bits per heavy atom. The molecule has 6 nitrogen and oxygen atoms in total. The van der Waals surface area contributed by atoms with E-state index in [9.17, 15) is 19.8 Å². The molecule has 0 aromatic rings. The lowest BCUT2D eigenvalue weighted by atomic mass is 10.0. The molecule has 0 spiro atoms. The summed E-state index contributed by atoms with van der Waals surface area (Å²) in [5, 5.41) is 23.0. The second kappa shape index (κ2) is 46.0. The summed E-state index contributed by atoms with van der Waals surface area (Å²) in [6.07, 6.45) is 53.1. The van der Waals surface area contributed by atoms with Gasteiger partial charge < -0.3 is 20.3 Å². The largest absolute Gasteiger partial charge is 0.466 e. The van der Waals surface area contributed by atoms with Crippen LogP contribution in [0.3, 0.4) is 0 Å². The second-order valence-electron chi connectivity index (χ2n) is 16.8. The number of hydrogen-bond acceptors (Lipinski definition) is 5. The number of unbranched alkanes of at least 4 members (excludes halogenated alkanes) is 32. The number of aliphatic hydroxyl groups is 2. The quantitative estimate of drug-likeness (QED) is 0.0324. The van der Waals surface area contributed by atoms with Crippen LogP contribution < -0.4 is 5.32 Å². The molecule has 0 aromatic heterocycles. The maximum absolute atomic E-state index is 12.4. The average molecular weight is 790 g/mol. The Bertz CT molecular complexity index is 874. The summed E-state index contributed by atoms with van der Waals surface area (Å²) >= 11 is 0. The number of aliphatic hydroxyl groups excluding tert-OH is 2. The lowest BCUT2D eigenvalue weighted by Gasteiger charge is -2.20. The van der Waals surface area contributed by atoms with E-state index in [4.69, 9.17) is 4.74 Å². The second-order valence-corrected chi connectivity index (χ2v) is 16.8. The van der Waals surface area contributed by atoms with Gasteiger partial charge in [0.05, 0.1) is 25.4 Å². The van der Waals surface area contributed by atoms with Crippen molar-refractivity contribution in [3.8, 4) is 0 Å². The first-order chi connectivity index (χ1) is 27.5. The van der Waals surface area contributed by atoms with Gasteiger partial charge in [-0.05, 0) is 57.8 Å². The Morgan fingerprint density at radius 3 is 1.27 bits per heavy atom. The van der Waals surface area contributed by atoms with Crippen molar-refractivity contribution >= 4 is 11.9 Å². The Kier molecular flexibility index (Phi) is 44.7. The van der Waals surface area contributed by atoms with E-state index >= 15 is 0 Å². The number of carbonyl (C=O) groups excluding carboxylic acids is 2. The zero-order chi connectivity index (χ0) is 40.8. The molecule has 2 atom stereocenters. The van der Waals surface area contributed by atoms with Crippen molar-refractivity contribution in [3.63, 3.8) is 0 Å². The highest BCUT2D eigenvalue weighted by Gasteiger charge is 2.18. The van der Waals surface area contributed by atoms with Crippen LogP contribution in [-0.2, 0) is 14.3 Å². The normalized spacial score (nSPS) is 12.9. The summed E-state index contributed by atoms with van der Waals surface area (Å²) in [6.45, 7) is 4.82. The number of ether oxygens (including phenoxy) is 1. The van der Waals surface area contributed by atoms with Crippen LogP contribution >= 0.6 is 0 Å². The Hall–Kier alpha value is -1.66. The van der Waals surface area contributed by atoms with Gasteiger partial charge in [-0.2, -0.15) is 0 Å². The molecule has 6 heteroatoms. The zero-order valence-electron chi connectivity index (χ0n) is 37.4. The summed E-state index contributed by atoms with van der Waals surface area (Å²) in [6, 6.07) is -0.646. The van der Waals surface area contributed by atoms with Crippen molar-refractivity contribution in [2.45, 2.75) is 270 Å². The van der Waals surface area contributed by atoms with Crippen molar-refractivity contribution in [2.24, 2.45) is 0 Å². The first-order valence-corrected chi connectivity index (χ1v) is 24.6. The minimum absolute atomic E-state index is 0.0309. The van der Waals surface area contributed by atoms with E-state index in [-0.39, 0.29) is 18.5 Å². The topological polar surface area (TPSA) is 95.9 Å². The number of esters is 1. The van der Waals surface area contributed by atoms with E-state index in [1.54, 1.807) is 6.08 Å². The highest BCUT2D eigenvalue weighted by Crippen LogP contribution is 2.15. The van der Waals surface area contributed by atoms with Crippen LogP contribution in [0.1, 0.15) is 258 Å². The third-order valence-electron chi connectivity index (χ3n) is 11.2. The Morgan fingerprint density at radius 2 is 0.839 bits per heavy atom. The van der Waals surface area contributed by atoms with Crippen LogP contribution in [0, 0.1) is 0 Å². The van der Waals surface area contributed by atoms with E-state index in [1.165, 1.54) is 173 Å². The van der Waals surface area contributed by atoms with Crippen molar-refractivity contribution in [1.29, 1.82) is 0 Å². The molecule has 3 N–H and O–H groups in total. The molecule has 0 saturated heterocycles. The van der Waals surface area contributed by atoms with E-state index in [1.807, 2.05) is 6.08 Å². The lowest BCUT2D eigenvalue weighted by molar-refractivity contribution is -0.143. The van der Waals surface area contributed by atoms with Gasteiger partial charge in [0.1, 0.15) is 0 Å². The summed E-state index contributed by atoms with van der Waals surface area (Å²) < 4.78 is 5.45. The molecule has 0 fully saturated rings. The van der Waals surface area contributed by atoms with Crippen molar-refractivity contribution in [1.82, 2.24) is 5.32 Å². The molecule has 0 rings (SSSR count). The number of nitrogens with one attached hydrogen (secondary N) is 1. The molecular formula is C50H95NO5. The zero-order valence-corrected chi connectivity index (χ0v) is 37.4. The van der Waals surface area contributed by atoms with Crippen molar-refractivity contribution in [2.75, 3.05) is 13.2 Å². The molecule has 56 heavy (non-hydrogen) atoms. The van der Waals surface area contributed by atoms with Gasteiger partial charge in [-0.15, -0.1) is 0 Å². The maximum atomic E-state index is 12.4. The van der Waals surface area contributed by atoms with Crippen LogP contribution in [0.25, 0.3) is 0 Å². The predicted molar refractivity (Wildman–Crippen MR) is 241 cm³/mol. The van der Waals surface area contributed by atoms with Crippen molar-refractivity contribution < 1.29 is 24.5 Å². The number of allylic oxidation sites excluding steroid dienone is 3. The smallest absolute Gasteiger partial charge is 0.305 e. The van der Waals surface area contributed by atoms with Gasteiger partial charge in [0.15, 0.2) is 0 Å². The van der Waals surface area contributed by atoms with E-state index in [0.29, 0.717) is 19.4 Å². The molecule has 0 bridgehead atoms. The minimum Gasteiger partial charge on any atom is -0.466 e. The summed E-state index contributed by atoms with van der Waals surface area (Å²) in [5.74, 6) is -0.128. The average Bonchev–Trinajstić information content (AvgIpc) is 3.20. The van der Waals surface area contributed by atoms with Crippen LogP contribution in [0.4, 0.5) is 0 Å². The van der Waals surface area contributed by atoms with Crippen LogP contribution in [0.2, 0.25) is 0 Å². The van der Waals surface area contributed by atoms with Gasteiger partial charge in [0, 0.05) is 12.8 Å². The van der Waals surface area contributed by atoms with Gasteiger partial charge in [-0.25, -0.2) is 0 Å². The standard InChI is InChI=1S/C50H95NO5/c1-3-5-7-9-11-13-15-17-18-19-20-21-22-24-28-32-36-40-44-50(55)56-45-41-37-33-29-25-27-31-35-39-43-49(54)51-47(46-52)48(53)42-38-34-30-26-23-16-14-12-10-8-6-4-2/h18-19,38,42,47-48,52-53H,3-17,20-37,39-41,43-46H2,1-2H3,(H,51,54)/b19-18-,42-38+. The molecule has 0 aromatic carbocycles. The lowest BCUT2D eigenvalue weighted by Crippen LogP contribution is -2.45. The van der Waals surface area contributed by atoms with Gasteiger partial charge in [-0.1, -0.05) is 212 Å². The SMILES string of the molecule is CCCCCCCCC/C=C\CCCCCCCCCC(=O)OCCCCCCCCCCCC(=O)NC(CO)C(O)/C=C/CCCCCCCCCCCC. The van der Waals surface area contributed by atoms with Gasteiger partial charge in [-0.3, -0.25) is 9.59 Å². The van der Waals surface area contributed by atoms with E-state index in [2.05, 4.69) is 31.3 Å². The fourth-order valence-corrected chi connectivity index (χ4v) is 7.39. The fraction of sp³-hybridized carbons (Fsp3) is 0.880. The number of amides is 1. The van der Waals surface area contributed by atoms with Crippen LogP contribution in [0.15, 0.2) is 24.3 Å². The molecule has 0 aliphatic heterocycles. The fourth-order valence-electron chi connectivity index (χ4n) is 7.39. The Labute approximate surface area is 348 Å². The van der Waals surface area contributed by atoms with Gasteiger partial charge in [0.25, 0.3) is 0 Å². The maximum Gasteiger partial charge on any atom is 0.305 e. The minimum atomic E-state index is -0.860. The van der Waals surface area contributed by atoms with Gasteiger partial charge in [0.2, 0.25) is 5.91 Å². The highest BCUT2D eigenvalue weighted by atomic mass is 16.5. The first kappa shape index (κ1) is 54.3. The predicted octanol–water partition coefficient (Wildman–Crippen LogP) is 14.3. The molecule has 0 heterocycles. The van der Waals surface area contributed by atoms with Crippen LogP contribution in [0.5, 0.6) is 0 Å². The molecule has 330 valence electrons. The molecule has 1 amide bonds. The summed E-state index contributed by atoms with van der Waals surface area (Å²) in [7, 11) is 0. The molecule has 0 aliphatic carbocycles. The third-order valence-corrected chi connectivity index (χ3v) is 11.2. The van der Waals surface area contributed by atoms with Crippen LogP contribution in [-0.4, -0.2) is 47.4 Å². The van der Waals surface area contributed by atoms with E-state index in [0.717, 1.165) is 57.8 Å². The summed E-state index contributed by atoms with van der Waals surface area (Å²) in [4.78, 5) is 24.4. The third kappa shape index (κ3) is 42.0. The first-order valence-electron chi connectivity index (χ1n) is 24.6. The molecule has 0 aliphatic rings. The number of carbonyl (C=O) groups is 2. The monoisotopic (exact) mass is 790 g/mol. The molecular weight excluding hydrogens is 695 g/mol. The van der Waals surface area contributed by atoms with Gasteiger partial charge >= 0.3 is 5.97 Å². The molecule has 0 radical (unpaired) electrons. The molecule has 0 saturated carbocycles. The summed E-state index contributed by atoms with van der Waals surface area (Å²) in [5.41, 5.74) is 0. The molecule has 2 unspecified atom stereocenters. The highest BCUT2D eigenvalue weighted by molar-refractivity contribution is 5.76. The number of hydrogen-bond donors (Lipinski definition) is 3. The van der Waals surface area contributed by atoms with E-state index < -0.39 is 12.1 Å². The Balaban J connectivity index is 3.50. The van der Waals surface area contributed by atoms with Crippen molar-refractivity contribution in [3.05, 3.63) is 24.3 Å².